The zero-order valence-corrected chi connectivity index (χ0v) is 6.95. The summed E-state index contributed by atoms with van der Waals surface area (Å²) in [5.41, 5.74) is 6.12. The number of nitrogens with one attached hydrogen (secondary N) is 1. The lowest BCUT2D eigenvalue weighted by atomic mass is 10.1. The minimum absolute atomic E-state index is 0.157. The van der Waals surface area contributed by atoms with Crippen molar-refractivity contribution in [1.29, 1.82) is 5.26 Å². The standard InChI is InChI=1S/C9H9N3O/c10-5-6-12-8-4-2-1-3-7(8)9(11)13/h1-4,12H,6H2,(H2,11,13). The van der Waals surface area contributed by atoms with Crippen LogP contribution >= 0.6 is 0 Å². The Bertz CT molecular complexity index is 354. The van der Waals surface area contributed by atoms with E-state index in [4.69, 9.17) is 11.0 Å². The van der Waals surface area contributed by atoms with Crippen molar-refractivity contribution in [3.05, 3.63) is 29.8 Å². The van der Waals surface area contributed by atoms with Crippen LogP contribution in [0.2, 0.25) is 0 Å². The summed E-state index contributed by atoms with van der Waals surface area (Å²) in [5.74, 6) is -0.499. The predicted molar refractivity (Wildman–Crippen MR) is 49.1 cm³/mol. The van der Waals surface area contributed by atoms with Gasteiger partial charge in [0.15, 0.2) is 0 Å². The smallest absolute Gasteiger partial charge is 0.250 e. The van der Waals surface area contributed by atoms with Crippen molar-refractivity contribution >= 4 is 11.6 Å². The summed E-state index contributed by atoms with van der Waals surface area (Å²) >= 11 is 0. The lowest BCUT2D eigenvalue weighted by Gasteiger charge is -2.05. The summed E-state index contributed by atoms with van der Waals surface area (Å²) in [4.78, 5) is 10.9. The third kappa shape index (κ3) is 2.20. The molecule has 0 radical (unpaired) electrons. The molecule has 0 saturated carbocycles. The van der Waals surface area contributed by atoms with Gasteiger partial charge in [0.25, 0.3) is 5.91 Å². The molecule has 1 aromatic carbocycles. The molecule has 0 unspecified atom stereocenters. The normalized spacial score (nSPS) is 8.85. The van der Waals surface area contributed by atoms with Gasteiger partial charge in [0.1, 0.15) is 6.54 Å². The van der Waals surface area contributed by atoms with Crippen molar-refractivity contribution < 1.29 is 4.79 Å². The van der Waals surface area contributed by atoms with Crippen LogP contribution in [0.15, 0.2) is 24.3 Å². The van der Waals surface area contributed by atoms with Crippen molar-refractivity contribution in [2.45, 2.75) is 0 Å². The van der Waals surface area contributed by atoms with Crippen LogP contribution in [-0.2, 0) is 0 Å². The number of primary amides is 1. The van der Waals surface area contributed by atoms with E-state index in [-0.39, 0.29) is 6.54 Å². The van der Waals surface area contributed by atoms with Crippen LogP contribution in [0.4, 0.5) is 5.69 Å². The molecule has 0 heterocycles. The van der Waals surface area contributed by atoms with Crippen LogP contribution in [0, 0.1) is 11.3 Å². The monoisotopic (exact) mass is 175 g/mol. The molecular weight excluding hydrogens is 166 g/mol. The van der Waals surface area contributed by atoms with E-state index in [1.165, 1.54) is 0 Å². The van der Waals surface area contributed by atoms with Gasteiger partial charge in [-0.1, -0.05) is 12.1 Å². The van der Waals surface area contributed by atoms with Crippen molar-refractivity contribution in [3.8, 4) is 6.07 Å². The number of rotatable bonds is 3. The van der Waals surface area contributed by atoms with Crippen molar-refractivity contribution in [3.63, 3.8) is 0 Å². The summed E-state index contributed by atoms with van der Waals surface area (Å²) < 4.78 is 0. The Labute approximate surface area is 76.0 Å². The molecule has 0 aromatic heterocycles. The lowest BCUT2D eigenvalue weighted by Crippen LogP contribution is -2.14. The highest BCUT2D eigenvalue weighted by Gasteiger charge is 2.05. The summed E-state index contributed by atoms with van der Waals surface area (Å²) in [5, 5.41) is 11.1. The van der Waals surface area contributed by atoms with Gasteiger partial charge in [-0.25, -0.2) is 0 Å². The van der Waals surface area contributed by atoms with E-state index in [1.54, 1.807) is 24.3 Å². The Kier molecular flexibility index (Phi) is 2.87. The van der Waals surface area contributed by atoms with E-state index >= 15 is 0 Å². The predicted octanol–water partition coefficient (Wildman–Crippen LogP) is 0.721. The number of nitriles is 1. The maximum Gasteiger partial charge on any atom is 0.250 e. The summed E-state index contributed by atoms with van der Waals surface area (Å²) in [6.07, 6.45) is 0. The molecule has 0 fully saturated rings. The number of nitrogens with two attached hydrogens (primary N) is 1. The third-order valence-electron chi connectivity index (χ3n) is 1.55. The van der Waals surface area contributed by atoms with Gasteiger partial charge in [-0.15, -0.1) is 0 Å². The second-order valence-electron chi connectivity index (χ2n) is 2.42. The van der Waals surface area contributed by atoms with E-state index < -0.39 is 5.91 Å². The molecule has 0 aliphatic heterocycles. The van der Waals surface area contributed by atoms with Crippen LogP contribution in [0.3, 0.4) is 0 Å². The Morgan fingerprint density at radius 3 is 2.85 bits per heavy atom. The zero-order chi connectivity index (χ0) is 9.68. The van der Waals surface area contributed by atoms with Gasteiger partial charge in [0.2, 0.25) is 0 Å². The molecule has 0 atom stereocenters. The van der Waals surface area contributed by atoms with E-state index in [1.807, 2.05) is 6.07 Å². The fourth-order valence-corrected chi connectivity index (χ4v) is 0.987. The molecule has 0 aliphatic carbocycles. The Morgan fingerprint density at radius 2 is 2.23 bits per heavy atom. The molecular formula is C9H9N3O. The van der Waals surface area contributed by atoms with Crippen LogP contribution in [0.5, 0.6) is 0 Å². The highest BCUT2D eigenvalue weighted by Crippen LogP contribution is 2.13. The van der Waals surface area contributed by atoms with Crippen molar-refractivity contribution in [2.24, 2.45) is 5.73 Å². The maximum atomic E-state index is 10.9. The van der Waals surface area contributed by atoms with Crippen molar-refractivity contribution in [1.82, 2.24) is 0 Å². The highest BCUT2D eigenvalue weighted by atomic mass is 16.1. The summed E-state index contributed by atoms with van der Waals surface area (Å²) in [6, 6.07) is 8.73. The van der Waals surface area contributed by atoms with Gasteiger partial charge in [-0.2, -0.15) is 5.26 Å². The first-order chi connectivity index (χ1) is 6.25. The first kappa shape index (κ1) is 9.07. The number of hydrogen-bond donors (Lipinski definition) is 2. The molecule has 0 saturated heterocycles. The molecule has 1 aromatic rings. The van der Waals surface area contributed by atoms with E-state index in [0.717, 1.165) is 0 Å². The topological polar surface area (TPSA) is 78.9 Å². The number of para-hydroxylation sites is 1. The van der Waals surface area contributed by atoms with Gasteiger partial charge >= 0.3 is 0 Å². The SMILES string of the molecule is N#CCNc1ccccc1C(N)=O. The van der Waals surface area contributed by atoms with Gasteiger partial charge < -0.3 is 11.1 Å². The van der Waals surface area contributed by atoms with Crippen LogP contribution in [-0.4, -0.2) is 12.5 Å². The second-order valence-corrected chi connectivity index (χ2v) is 2.42. The van der Waals surface area contributed by atoms with E-state index in [0.29, 0.717) is 11.3 Å². The van der Waals surface area contributed by atoms with Crippen LogP contribution in [0.25, 0.3) is 0 Å². The summed E-state index contributed by atoms with van der Waals surface area (Å²) in [6.45, 7) is 0.157. The highest BCUT2D eigenvalue weighted by molar-refractivity contribution is 5.98. The Morgan fingerprint density at radius 1 is 1.54 bits per heavy atom. The van der Waals surface area contributed by atoms with Gasteiger partial charge in [0.05, 0.1) is 11.6 Å². The molecule has 0 spiro atoms. The molecule has 1 rings (SSSR count). The number of nitrogens with zero attached hydrogens (tertiary/aromatic N) is 1. The lowest BCUT2D eigenvalue weighted by molar-refractivity contribution is 0.100. The first-order valence-corrected chi connectivity index (χ1v) is 3.75. The molecule has 4 heteroatoms. The zero-order valence-electron chi connectivity index (χ0n) is 6.95. The molecule has 13 heavy (non-hydrogen) atoms. The minimum atomic E-state index is -0.499. The Balaban J connectivity index is 2.92. The molecule has 4 nitrogen and oxygen atoms in total. The maximum absolute atomic E-state index is 10.9. The quantitative estimate of drug-likeness (QED) is 0.664. The number of benzene rings is 1. The van der Waals surface area contributed by atoms with E-state index in [9.17, 15) is 4.79 Å². The number of hydrogen-bond acceptors (Lipinski definition) is 3. The van der Waals surface area contributed by atoms with Crippen LogP contribution < -0.4 is 11.1 Å². The van der Waals surface area contributed by atoms with Gasteiger partial charge in [-0.3, -0.25) is 4.79 Å². The van der Waals surface area contributed by atoms with Gasteiger partial charge in [0, 0.05) is 5.69 Å². The molecule has 3 N–H and O–H groups in total. The number of anilines is 1. The number of amides is 1. The molecule has 1 amide bonds. The number of carbonyl (C=O) groups excluding carboxylic acids is 1. The average Bonchev–Trinajstić information content (AvgIpc) is 2.15. The van der Waals surface area contributed by atoms with Crippen LogP contribution in [0.1, 0.15) is 10.4 Å². The molecule has 0 bridgehead atoms. The van der Waals surface area contributed by atoms with E-state index in [2.05, 4.69) is 5.32 Å². The molecule has 0 aliphatic rings. The molecule has 66 valence electrons. The minimum Gasteiger partial charge on any atom is -0.372 e. The fourth-order valence-electron chi connectivity index (χ4n) is 0.987. The fraction of sp³-hybridized carbons (Fsp3) is 0.111. The third-order valence-corrected chi connectivity index (χ3v) is 1.55. The average molecular weight is 175 g/mol. The second kappa shape index (κ2) is 4.12. The summed E-state index contributed by atoms with van der Waals surface area (Å²) in [7, 11) is 0. The largest absolute Gasteiger partial charge is 0.372 e. The van der Waals surface area contributed by atoms with Crippen molar-refractivity contribution in [2.75, 3.05) is 11.9 Å². The Hall–Kier alpha value is -2.02. The number of carbonyl (C=O) groups is 1. The van der Waals surface area contributed by atoms with Gasteiger partial charge in [-0.05, 0) is 12.1 Å². The first-order valence-electron chi connectivity index (χ1n) is 3.75.